The van der Waals surface area contributed by atoms with Gasteiger partial charge < -0.3 is 15.8 Å². The topological polar surface area (TPSA) is 89.3 Å². The molecule has 0 aliphatic heterocycles. The van der Waals surface area contributed by atoms with Gasteiger partial charge in [0, 0.05) is 11.1 Å². The predicted octanol–water partition coefficient (Wildman–Crippen LogP) is 5.06. The van der Waals surface area contributed by atoms with Crippen LogP contribution in [-0.4, -0.2) is 18.1 Å². The first-order chi connectivity index (χ1) is 14.2. The molecule has 10 heteroatoms. The number of halogens is 3. The molecule has 0 bridgehead atoms. The molecule has 0 radical (unpaired) electrons. The molecule has 6 nitrogen and oxygen atoms in total. The molecule has 158 valence electrons. The first-order valence-electron chi connectivity index (χ1n) is 8.84. The highest BCUT2D eigenvalue weighted by molar-refractivity contribution is 7.13. The van der Waals surface area contributed by atoms with Crippen LogP contribution in [0.4, 0.5) is 28.8 Å². The Balaban J connectivity index is 1.56. The molecule has 0 aliphatic carbocycles. The van der Waals surface area contributed by atoms with Crippen LogP contribution in [0.2, 0.25) is 0 Å². The number of urea groups is 1. The molecular weight excluding hydrogens is 417 g/mol. The number of rotatable bonds is 6. The number of aromatic nitrogens is 1. The molecule has 0 aliphatic rings. The third-order valence-corrected chi connectivity index (χ3v) is 4.98. The van der Waals surface area contributed by atoms with Gasteiger partial charge in [0.2, 0.25) is 0 Å². The second-order valence-corrected chi connectivity index (χ2v) is 7.25. The molecule has 0 fully saturated rings. The molecule has 30 heavy (non-hydrogen) atoms. The van der Waals surface area contributed by atoms with E-state index in [2.05, 4.69) is 15.6 Å². The van der Waals surface area contributed by atoms with Crippen molar-refractivity contribution in [3.05, 3.63) is 70.7 Å². The summed E-state index contributed by atoms with van der Waals surface area (Å²) in [5.74, 6) is 0.674. The second kappa shape index (κ2) is 9.14. The van der Waals surface area contributed by atoms with Crippen molar-refractivity contribution in [2.75, 3.05) is 17.7 Å². The third kappa shape index (κ3) is 5.71. The fourth-order valence-electron chi connectivity index (χ4n) is 2.64. The summed E-state index contributed by atoms with van der Waals surface area (Å²) in [5.41, 5.74) is 7.21. The maximum atomic E-state index is 12.6. The third-order valence-electron chi connectivity index (χ3n) is 4.21. The molecule has 1 aromatic heterocycles. The molecule has 0 spiro atoms. The van der Waals surface area contributed by atoms with Crippen molar-refractivity contribution in [2.45, 2.75) is 18.6 Å². The van der Waals surface area contributed by atoms with Gasteiger partial charge in [0.1, 0.15) is 5.75 Å². The number of nitrogens with zero attached hydrogens (tertiary/aromatic N) is 1. The number of alkyl halides is 3. The number of amides is 2. The van der Waals surface area contributed by atoms with Gasteiger partial charge in [-0.1, -0.05) is 12.1 Å². The van der Waals surface area contributed by atoms with Crippen molar-refractivity contribution in [1.82, 2.24) is 4.98 Å². The van der Waals surface area contributed by atoms with E-state index in [1.807, 2.05) is 0 Å². The predicted molar refractivity (Wildman–Crippen MR) is 110 cm³/mol. The van der Waals surface area contributed by atoms with Crippen LogP contribution < -0.4 is 21.1 Å². The van der Waals surface area contributed by atoms with Crippen molar-refractivity contribution in [3.8, 4) is 5.75 Å². The summed E-state index contributed by atoms with van der Waals surface area (Å²) in [6.07, 6.45) is -4.05. The van der Waals surface area contributed by atoms with Crippen LogP contribution in [0.25, 0.3) is 0 Å². The minimum atomic E-state index is -4.37. The van der Waals surface area contributed by atoms with E-state index in [0.717, 1.165) is 12.1 Å². The summed E-state index contributed by atoms with van der Waals surface area (Å²) in [6, 6.07) is 10.7. The van der Waals surface area contributed by atoms with Gasteiger partial charge in [-0.25, -0.2) is 9.78 Å². The van der Waals surface area contributed by atoms with E-state index in [1.54, 1.807) is 36.8 Å². The van der Waals surface area contributed by atoms with Crippen molar-refractivity contribution >= 4 is 28.2 Å². The SMILES string of the molecule is COc1ccc(NC(=O)Nc2nc(C(N)Cc3ccc(C(F)(F)F)cc3)cs2)cc1. The number of nitrogens with one attached hydrogen (secondary N) is 2. The lowest BCUT2D eigenvalue weighted by atomic mass is 10.0. The summed E-state index contributed by atoms with van der Waals surface area (Å²) >= 11 is 1.21. The van der Waals surface area contributed by atoms with Crippen molar-refractivity contribution < 1.29 is 22.7 Å². The summed E-state index contributed by atoms with van der Waals surface area (Å²) in [6.45, 7) is 0. The van der Waals surface area contributed by atoms with Crippen molar-refractivity contribution in [2.24, 2.45) is 5.73 Å². The Labute approximate surface area is 174 Å². The molecule has 2 amide bonds. The Bertz CT molecular complexity index is 989. The maximum Gasteiger partial charge on any atom is 0.416 e. The van der Waals surface area contributed by atoms with Gasteiger partial charge >= 0.3 is 12.2 Å². The Morgan fingerprint density at radius 3 is 2.40 bits per heavy atom. The van der Waals surface area contributed by atoms with Crippen LogP contribution in [0.15, 0.2) is 53.9 Å². The number of nitrogens with two attached hydrogens (primary N) is 1. The average molecular weight is 436 g/mol. The van der Waals surface area contributed by atoms with Gasteiger partial charge in [-0.2, -0.15) is 13.2 Å². The molecule has 0 saturated heterocycles. The first-order valence-corrected chi connectivity index (χ1v) is 9.72. The quantitative estimate of drug-likeness (QED) is 0.504. The number of ether oxygens (including phenoxy) is 1. The monoisotopic (exact) mass is 436 g/mol. The van der Waals surface area contributed by atoms with Crippen LogP contribution in [0.3, 0.4) is 0 Å². The highest BCUT2D eigenvalue weighted by Crippen LogP contribution is 2.30. The van der Waals surface area contributed by atoms with Crippen LogP contribution in [0.1, 0.15) is 22.9 Å². The van der Waals surface area contributed by atoms with Gasteiger partial charge in [-0.3, -0.25) is 5.32 Å². The number of methoxy groups -OCH3 is 1. The Kier molecular flexibility index (Phi) is 6.58. The minimum absolute atomic E-state index is 0.319. The Morgan fingerprint density at radius 2 is 1.80 bits per heavy atom. The lowest BCUT2D eigenvalue weighted by molar-refractivity contribution is -0.137. The number of hydrogen-bond acceptors (Lipinski definition) is 5. The molecule has 3 aromatic rings. The van der Waals surface area contributed by atoms with E-state index in [-0.39, 0.29) is 0 Å². The fraction of sp³-hybridized carbons (Fsp3) is 0.200. The number of hydrogen-bond donors (Lipinski definition) is 3. The zero-order valence-corrected chi connectivity index (χ0v) is 16.7. The van der Waals surface area contributed by atoms with Crippen LogP contribution in [-0.2, 0) is 12.6 Å². The molecule has 3 rings (SSSR count). The number of carbonyl (C=O) groups is 1. The zero-order valence-electron chi connectivity index (χ0n) is 15.9. The number of carbonyl (C=O) groups excluding carboxylic acids is 1. The van der Waals surface area contributed by atoms with E-state index in [1.165, 1.54) is 23.5 Å². The fourth-order valence-corrected chi connectivity index (χ4v) is 3.41. The van der Waals surface area contributed by atoms with Gasteiger partial charge in [-0.05, 0) is 48.4 Å². The summed E-state index contributed by atoms with van der Waals surface area (Å²) < 4.78 is 43.0. The van der Waals surface area contributed by atoms with Gasteiger partial charge in [0.15, 0.2) is 5.13 Å². The molecule has 2 aromatic carbocycles. The van der Waals surface area contributed by atoms with Gasteiger partial charge in [0.05, 0.1) is 24.4 Å². The van der Waals surface area contributed by atoms with Crippen molar-refractivity contribution in [1.29, 1.82) is 0 Å². The van der Waals surface area contributed by atoms with E-state index in [9.17, 15) is 18.0 Å². The second-order valence-electron chi connectivity index (χ2n) is 6.39. The van der Waals surface area contributed by atoms with Crippen LogP contribution >= 0.6 is 11.3 Å². The molecule has 0 saturated carbocycles. The van der Waals surface area contributed by atoms with Gasteiger partial charge in [0.25, 0.3) is 0 Å². The van der Waals surface area contributed by atoms with Gasteiger partial charge in [-0.15, -0.1) is 11.3 Å². The highest BCUT2D eigenvalue weighted by atomic mass is 32.1. The van der Waals surface area contributed by atoms with Crippen LogP contribution in [0.5, 0.6) is 5.75 Å². The molecule has 1 heterocycles. The average Bonchev–Trinajstić information content (AvgIpc) is 3.17. The highest BCUT2D eigenvalue weighted by Gasteiger charge is 2.30. The summed E-state index contributed by atoms with van der Waals surface area (Å²) in [5, 5.41) is 7.37. The standard InChI is InChI=1S/C20H19F3N4O2S/c1-29-15-8-6-14(7-9-15)25-18(28)27-19-26-17(11-30-19)16(24)10-12-2-4-13(5-3-12)20(21,22)23/h2-9,11,16H,10,24H2,1H3,(H2,25,26,27,28). The van der Waals surface area contributed by atoms with E-state index >= 15 is 0 Å². The number of thiazole rings is 1. The van der Waals surface area contributed by atoms with Crippen molar-refractivity contribution in [3.63, 3.8) is 0 Å². The number of anilines is 2. The molecule has 4 N–H and O–H groups in total. The van der Waals surface area contributed by atoms with E-state index in [4.69, 9.17) is 10.5 Å². The minimum Gasteiger partial charge on any atom is -0.497 e. The smallest absolute Gasteiger partial charge is 0.416 e. The summed E-state index contributed by atoms with van der Waals surface area (Å²) in [7, 11) is 1.55. The number of benzene rings is 2. The lowest BCUT2D eigenvalue weighted by Crippen LogP contribution is -2.19. The Morgan fingerprint density at radius 1 is 1.13 bits per heavy atom. The summed E-state index contributed by atoms with van der Waals surface area (Å²) in [4.78, 5) is 16.4. The largest absolute Gasteiger partial charge is 0.497 e. The van der Waals surface area contributed by atoms with E-state index < -0.39 is 23.8 Å². The molecule has 1 unspecified atom stereocenters. The molecular formula is C20H19F3N4O2S. The van der Waals surface area contributed by atoms with Crippen LogP contribution in [0, 0.1) is 0 Å². The molecule has 1 atom stereocenters. The lowest BCUT2D eigenvalue weighted by Gasteiger charge is -2.11. The zero-order chi connectivity index (χ0) is 21.7. The normalized spacial score (nSPS) is 12.3. The van der Waals surface area contributed by atoms with E-state index in [0.29, 0.717) is 34.2 Å². The Hall–Kier alpha value is -3.11. The first kappa shape index (κ1) is 21.6. The maximum absolute atomic E-state index is 12.6.